The fraction of sp³-hybridized carbons (Fsp3) is 0.118. The number of carbonyl (C=O) groups is 1. The van der Waals surface area contributed by atoms with Gasteiger partial charge in [-0.15, -0.1) is 0 Å². The SMILES string of the molecule is COC(=O)c1ccc2nc3c(cc2c1)Cn1c-3cccc1=O. The summed E-state index contributed by atoms with van der Waals surface area (Å²) in [4.78, 5) is 28.2. The zero-order valence-electron chi connectivity index (χ0n) is 11.9. The first kappa shape index (κ1) is 12.8. The summed E-state index contributed by atoms with van der Waals surface area (Å²) >= 11 is 0. The summed E-state index contributed by atoms with van der Waals surface area (Å²) in [6.07, 6.45) is 0. The van der Waals surface area contributed by atoms with Gasteiger partial charge in [0.1, 0.15) is 0 Å². The number of methoxy groups -OCH3 is 1. The highest BCUT2D eigenvalue weighted by Crippen LogP contribution is 2.31. The van der Waals surface area contributed by atoms with E-state index in [2.05, 4.69) is 4.98 Å². The maximum Gasteiger partial charge on any atom is 0.337 e. The number of esters is 1. The van der Waals surface area contributed by atoms with E-state index in [0.29, 0.717) is 12.1 Å². The molecule has 0 atom stereocenters. The molecule has 1 aliphatic rings. The number of pyridine rings is 2. The van der Waals surface area contributed by atoms with Gasteiger partial charge < -0.3 is 9.30 Å². The van der Waals surface area contributed by atoms with E-state index < -0.39 is 0 Å². The van der Waals surface area contributed by atoms with E-state index in [0.717, 1.165) is 27.9 Å². The molecule has 5 heteroatoms. The smallest absolute Gasteiger partial charge is 0.337 e. The molecule has 0 amide bonds. The van der Waals surface area contributed by atoms with E-state index in [9.17, 15) is 9.59 Å². The van der Waals surface area contributed by atoms with Gasteiger partial charge in [0.2, 0.25) is 0 Å². The minimum Gasteiger partial charge on any atom is -0.465 e. The lowest BCUT2D eigenvalue weighted by Crippen LogP contribution is -2.16. The lowest BCUT2D eigenvalue weighted by atomic mass is 10.1. The van der Waals surface area contributed by atoms with Gasteiger partial charge in [0.15, 0.2) is 0 Å². The number of rotatable bonds is 1. The summed E-state index contributed by atoms with van der Waals surface area (Å²) in [6.45, 7) is 0.510. The van der Waals surface area contributed by atoms with E-state index in [-0.39, 0.29) is 11.5 Å². The zero-order chi connectivity index (χ0) is 15.3. The Kier molecular flexibility index (Phi) is 2.63. The van der Waals surface area contributed by atoms with E-state index in [1.165, 1.54) is 7.11 Å². The summed E-state index contributed by atoms with van der Waals surface area (Å²) in [5.41, 5.74) is 3.89. The maximum atomic E-state index is 11.9. The lowest BCUT2D eigenvalue weighted by Gasteiger charge is -2.04. The van der Waals surface area contributed by atoms with Gasteiger partial charge >= 0.3 is 5.97 Å². The van der Waals surface area contributed by atoms with Crippen LogP contribution in [0.5, 0.6) is 0 Å². The van der Waals surface area contributed by atoms with Crippen molar-refractivity contribution in [2.24, 2.45) is 0 Å². The number of ether oxygens (including phenoxy) is 1. The molecule has 5 nitrogen and oxygen atoms in total. The lowest BCUT2D eigenvalue weighted by molar-refractivity contribution is 0.0601. The number of benzene rings is 1. The van der Waals surface area contributed by atoms with Crippen LogP contribution in [0.2, 0.25) is 0 Å². The quantitative estimate of drug-likeness (QED) is 0.505. The van der Waals surface area contributed by atoms with Crippen LogP contribution in [0.3, 0.4) is 0 Å². The van der Waals surface area contributed by atoms with Crippen molar-refractivity contribution < 1.29 is 9.53 Å². The third kappa shape index (κ3) is 1.75. The van der Waals surface area contributed by atoms with Crippen molar-refractivity contribution in [3.63, 3.8) is 0 Å². The van der Waals surface area contributed by atoms with Gasteiger partial charge in [-0.1, -0.05) is 6.07 Å². The molecular formula is C17H12N2O3. The second-order valence-electron chi connectivity index (χ2n) is 5.23. The van der Waals surface area contributed by atoms with Crippen LogP contribution in [0.25, 0.3) is 22.3 Å². The fourth-order valence-corrected chi connectivity index (χ4v) is 2.87. The number of carbonyl (C=O) groups excluding carboxylic acids is 1. The maximum absolute atomic E-state index is 11.9. The van der Waals surface area contributed by atoms with Crippen LogP contribution < -0.4 is 5.56 Å². The van der Waals surface area contributed by atoms with Gasteiger partial charge in [-0.05, 0) is 30.3 Å². The van der Waals surface area contributed by atoms with Crippen LogP contribution in [-0.4, -0.2) is 22.6 Å². The minimum absolute atomic E-state index is 0.0326. The van der Waals surface area contributed by atoms with Gasteiger partial charge in [0.25, 0.3) is 5.56 Å². The van der Waals surface area contributed by atoms with Crippen molar-refractivity contribution in [1.29, 1.82) is 0 Å². The molecule has 4 rings (SSSR count). The largest absolute Gasteiger partial charge is 0.465 e. The molecule has 0 aliphatic carbocycles. The van der Waals surface area contributed by atoms with Crippen molar-refractivity contribution >= 4 is 16.9 Å². The number of fused-ring (bicyclic) bond motifs is 4. The molecule has 3 heterocycles. The normalized spacial score (nSPS) is 12.0. The van der Waals surface area contributed by atoms with Crippen LogP contribution >= 0.6 is 0 Å². The third-order valence-corrected chi connectivity index (χ3v) is 3.94. The molecule has 0 N–H and O–H groups in total. The Bertz CT molecular complexity index is 989. The molecule has 3 aromatic rings. The fourth-order valence-electron chi connectivity index (χ4n) is 2.87. The second-order valence-corrected chi connectivity index (χ2v) is 5.23. The second kappa shape index (κ2) is 4.53. The van der Waals surface area contributed by atoms with Gasteiger partial charge in [-0.25, -0.2) is 9.78 Å². The van der Waals surface area contributed by atoms with Gasteiger partial charge in [-0.3, -0.25) is 4.79 Å². The average molecular weight is 292 g/mol. The average Bonchev–Trinajstić information content (AvgIpc) is 2.90. The van der Waals surface area contributed by atoms with Gasteiger partial charge in [0, 0.05) is 17.0 Å². The van der Waals surface area contributed by atoms with Crippen molar-refractivity contribution in [2.75, 3.05) is 7.11 Å². The number of hydrogen-bond acceptors (Lipinski definition) is 4. The van der Waals surface area contributed by atoms with E-state index >= 15 is 0 Å². The summed E-state index contributed by atoms with van der Waals surface area (Å²) in [5, 5.41) is 0.863. The number of hydrogen-bond donors (Lipinski definition) is 0. The Hall–Kier alpha value is -2.95. The molecule has 2 aromatic heterocycles. The van der Waals surface area contributed by atoms with Crippen molar-refractivity contribution in [3.8, 4) is 11.4 Å². The van der Waals surface area contributed by atoms with E-state index in [1.807, 2.05) is 12.1 Å². The van der Waals surface area contributed by atoms with Crippen molar-refractivity contribution in [3.05, 3.63) is 63.9 Å². The number of nitrogens with zero attached hydrogens (tertiary/aromatic N) is 2. The van der Waals surface area contributed by atoms with Gasteiger partial charge in [-0.2, -0.15) is 0 Å². The predicted molar refractivity (Wildman–Crippen MR) is 81.9 cm³/mol. The minimum atomic E-state index is -0.373. The molecule has 0 fully saturated rings. The molecule has 108 valence electrons. The molecular weight excluding hydrogens is 280 g/mol. The molecule has 0 unspecified atom stereocenters. The predicted octanol–water partition coefficient (Wildman–Crippen LogP) is 2.21. The summed E-state index contributed by atoms with van der Waals surface area (Å²) < 4.78 is 6.45. The Morgan fingerprint density at radius 3 is 2.91 bits per heavy atom. The topological polar surface area (TPSA) is 61.2 Å². The number of aromatic nitrogens is 2. The monoisotopic (exact) mass is 292 g/mol. The third-order valence-electron chi connectivity index (χ3n) is 3.94. The van der Waals surface area contributed by atoms with Crippen LogP contribution in [-0.2, 0) is 11.3 Å². The standard InChI is InChI=1S/C17H12N2O3/c1-22-17(21)10-5-6-13-11(7-10)8-12-9-19-14(16(12)18-13)3-2-4-15(19)20/h2-8H,9H2,1H3. The van der Waals surface area contributed by atoms with Crippen molar-refractivity contribution in [1.82, 2.24) is 9.55 Å². The first-order valence-electron chi connectivity index (χ1n) is 6.89. The first-order valence-corrected chi connectivity index (χ1v) is 6.89. The van der Waals surface area contributed by atoms with Gasteiger partial charge in [0.05, 0.1) is 36.1 Å². The molecule has 22 heavy (non-hydrogen) atoms. The van der Waals surface area contributed by atoms with Crippen molar-refractivity contribution in [2.45, 2.75) is 6.54 Å². The van der Waals surface area contributed by atoms with Crippen LogP contribution in [0.4, 0.5) is 0 Å². The van der Waals surface area contributed by atoms with E-state index in [4.69, 9.17) is 4.74 Å². The summed E-state index contributed by atoms with van der Waals surface area (Å²) in [7, 11) is 1.36. The Morgan fingerprint density at radius 2 is 2.09 bits per heavy atom. The molecule has 1 aromatic carbocycles. The Balaban J connectivity index is 1.93. The van der Waals surface area contributed by atoms with E-state index in [1.54, 1.807) is 34.9 Å². The summed E-state index contributed by atoms with van der Waals surface area (Å²) in [6, 6.07) is 12.4. The molecule has 0 saturated heterocycles. The molecule has 0 spiro atoms. The molecule has 1 aliphatic heterocycles. The Morgan fingerprint density at radius 1 is 1.23 bits per heavy atom. The molecule has 0 radical (unpaired) electrons. The first-order chi connectivity index (χ1) is 10.7. The highest BCUT2D eigenvalue weighted by molar-refractivity contribution is 5.95. The van der Waals surface area contributed by atoms with Crippen LogP contribution in [0.15, 0.2) is 47.3 Å². The highest BCUT2D eigenvalue weighted by atomic mass is 16.5. The molecule has 0 bridgehead atoms. The highest BCUT2D eigenvalue weighted by Gasteiger charge is 2.21. The molecule has 0 saturated carbocycles. The van der Waals surface area contributed by atoms with Crippen LogP contribution in [0, 0.1) is 0 Å². The Labute approximate surface area is 125 Å². The summed E-state index contributed by atoms with van der Waals surface area (Å²) in [5.74, 6) is -0.373. The zero-order valence-corrected chi connectivity index (χ0v) is 11.9. The van der Waals surface area contributed by atoms with Crippen LogP contribution in [0.1, 0.15) is 15.9 Å².